The lowest BCUT2D eigenvalue weighted by atomic mass is 10.1. The second-order valence-electron chi connectivity index (χ2n) is 5.37. The van der Waals surface area contributed by atoms with E-state index in [2.05, 4.69) is 5.32 Å². The number of carbonyl (C=O) groups is 1. The number of fused-ring (bicyclic) bond motifs is 1. The molecule has 120 valence electrons. The molecule has 1 N–H and O–H groups in total. The molecule has 1 amide bonds. The molecule has 0 saturated heterocycles. The van der Waals surface area contributed by atoms with Crippen molar-refractivity contribution in [3.05, 3.63) is 53.1 Å². The molecular formula is C16H15ClN2O3S. The van der Waals surface area contributed by atoms with Gasteiger partial charge in [-0.25, -0.2) is 8.42 Å². The van der Waals surface area contributed by atoms with Gasteiger partial charge in [-0.1, -0.05) is 35.9 Å². The Hall–Kier alpha value is -2.05. The monoisotopic (exact) mass is 350 g/mol. The zero-order chi connectivity index (χ0) is 16.8. The number of aryl methyl sites for hydroxylation is 1. The zero-order valence-electron chi connectivity index (χ0n) is 12.6. The van der Waals surface area contributed by atoms with Crippen molar-refractivity contribution in [2.75, 3.05) is 9.62 Å². The number of anilines is 2. The van der Waals surface area contributed by atoms with E-state index in [-0.39, 0.29) is 15.8 Å². The van der Waals surface area contributed by atoms with Gasteiger partial charge in [0, 0.05) is 0 Å². The van der Waals surface area contributed by atoms with E-state index in [1.807, 2.05) is 0 Å². The molecule has 1 heterocycles. The number of amides is 1. The number of halogens is 1. The van der Waals surface area contributed by atoms with Crippen LogP contribution in [0.2, 0.25) is 5.02 Å². The van der Waals surface area contributed by atoms with Gasteiger partial charge in [-0.05, 0) is 37.6 Å². The van der Waals surface area contributed by atoms with E-state index in [9.17, 15) is 13.2 Å². The Bertz CT molecular complexity index is 896. The highest BCUT2D eigenvalue weighted by molar-refractivity contribution is 7.93. The Balaban J connectivity index is 2.23. The van der Waals surface area contributed by atoms with Crippen molar-refractivity contribution < 1.29 is 13.2 Å². The van der Waals surface area contributed by atoms with Gasteiger partial charge in [0.2, 0.25) is 5.91 Å². The Labute approximate surface area is 139 Å². The summed E-state index contributed by atoms with van der Waals surface area (Å²) >= 11 is 6.20. The molecule has 0 aromatic heterocycles. The van der Waals surface area contributed by atoms with Crippen LogP contribution in [0, 0.1) is 6.92 Å². The molecule has 5 nitrogen and oxygen atoms in total. The zero-order valence-corrected chi connectivity index (χ0v) is 14.1. The topological polar surface area (TPSA) is 66.5 Å². The molecule has 7 heteroatoms. The number of hydrogen-bond donors (Lipinski definition) is 1. The molecule has 0 saturated carbocycles. The van der Waals surface area contributed by atoms with Crippen LogP contribution in [0.3, 0.4) is 0 Å². The molecule has 2 aromatic carbocycles. The fourth-order valence-electron chi connectivity index (χ4n) is 2.59. The minimum absolute atomic E-state index is 0.00415. The number of sulfonamides is 1. The van der Waals surface area contributed by atoms with Crippen LogP contribution in [-0.2, 0) is 14.8 Å². The molecule has 0 spiro atoms. The number of nitrogens with zero attached hydrogens (tertiary/aromatic N) is 1. The average molecular weight is 351 g/mol. The summed E-state index contributed by atoms with van der Waals surface area (Å²) < 4.78 is 27.4. The van der Waals surface area contributed by atoms with E-state index in [1.165, 1.54) is 6.07 Å². The second-order valence-corrected chi connectivity index (χ2v) is 7.53. The minimum atomic E-state index is -3.97. The summed E-state index contributed by atoms with van der Waals surface area (Å²) in [4.78, 5) is 12.1. The molecule has 0 fully saturated rings. The van der Waals surface area contributed by atoms with Crippen molar-refractivity contribution in [3.8, 4) is 0 Å². The highest BCUT2D eigenvalue weighted by Crippen LogP contribution is 2.38. The summed E-state index contributed by atoms with van der Waals surface area (Å²) in [6, 6.07) is 10.7. The quantitative estimate of drug-likeness (QED) is 0.904. The molecule has 3 rings (SSSR count). The Kier molecular flexibility index (Phi) is 3.82. The summed E-state index contributed by atoms with van der Waals surface area (Å²) in [5, 5.41) is 2.88. The van der Waals surface area contributed by atoms with E-state index < -0.39 is 16.1 Å². The smallest absolute Gasteiger partial charge is 0.266 e. The fraction of sp³-hybridized carbons (Fsp3) is 0.188. The number of para-hydroxylation sites is 2. The molecule has 23 heavy (non-hydrogen) atoms. The molecule has 0 aliphatic carbocycles. The van der Waals surface area contributed by atoms with Gasteiger partial charge in [0.05, 0.1) is 16.4 Å². The summed E-state index contributed by atoms with van der Waals surface area (Å²) in [6.07, 6.45) is 0. The standard InChI is InChI=1S/C16H15ClN2O3S/c1-10-6-5-9-14(15(10)17)23(21,22)19-11(2)16(20)18-12-7-3-4-8-13(12)19/h3-9,11H,1-2H3,(H,18,20). The number of benzene rings is 2. The average Bonchev–Trinajstić information content (AvgIpc) is 2.50. The molecule has 0 radical (unpaired) electrons. The van der Waals surface area contributed by atoms with Crippen LogP contribution in [0.15, 0.2) is 47.4 Å². The molecule has 1 aliphatic heterocycles. The first-order chi connectivity index (χ1) is 10.8. The van der Waals surface area contributed by atoms with Gasteiger partial charge in [0.25, 0.3) is 10.0 Å². The van der Waals surface area contributed by atoms with Gasteiger partial charge in [-0.3, -0.25) is 9.10 Å². The summed E-state index contributed by atoms with van der Waals surface area (Å²) in [5.41, 5.74) is 1.55. The molecule has 1 aliphatic rings. The van der Waals surface area contributed by atoms with Crippen molar-refractivity contribution in [1.82, 2.24) is 0 Å². The highest BCUT2D eigenvalue weighted by Gasteiger charge is 2.39. The van der Waals surface area contributed by atoms with Crippen LogP contribution in [0.25, 0.3) is 0 Å². The maximum Gasteiger partial charge on any atom is 0.266 e. The van der Waals surface area contributed by atoms with Gasteiger partial charge in [0.15, 0.2) is 0 Å². The Morgan fingerprint density at radius 3 is 2.57 bits per heavy atom. The maximum atomic E-state index is 13.1. The van der Waals surface area contributed by atoms with Crippen LogP contribution >= 0.6 is 11.6 Å². The van der Waals surface area contributed by atoms with Gasteiger partial charge in [-0.15, -0.1) is 0 Å². The van der Waals surface area contributed by atoms with Crippen molar-refractivity contribution in [3.63, 3.8) is 0 Å². The number of hydrogen-bond acceptors (Lipinski definition) is 3. The molecule has 2 aromatic rings. The molecule has 1 atom stereocenters. The van der Waals surface area contributed by atoms with Crippen molar-refractivity contribution in [2.24, 2.45) is 0 Å². The van der Waals surface area contributed by atoms with E-state index >= 15 is 0 Å². The molecule has 1 unspecified atom stereocenters. The normalized spacial score (nSPS) is 17.6. The SMILES string of the molecule is Cc1cccc(S(=O)(=O)N2c3ccccc3NC(=O)C2C)c1Cl. The predicted molar refractivity (Wildman–Crippen MR) is 90.4 cm³/mol. The van der Waals surface area contributed by atoms with Crippen molar-refractivity contribution >= 4 is 38.9 Å². The number of carbonyl (C=O) groups excluding carboxylic acids is 1. The van der Waals surface area contributed by atoms with E-state index in [0.29, 0.717) is 16.9 Å². The van der Waals surface area contributed by atoms with E-state index in [4.69, 9.17) is 11.6 Å². The third kappa shape index (κ3) is 2.48. The molecular weight excluding hydrogens is 336 g/mol. The second kappa shape index (κ2) is 5.54. The van der Waals surface area contributed by atoms with Crippen molar-refractivity contribution in [2.45, 2.75) is 24.8 Å². The Morgan fingerprint density at radius 1 is 1.13 bits per heavy atom. The van der Waals surface area contributed by atoms with E-state index in [0.717, 1.165) is 4.31 Å². The molecule has 0 bridgehead atoms. The van der Waals surface area contributed by atoms with Crippen LogP contribution in [0.1, 0.15) is 12.5 Å². The Morgan fingerprint density at radius 2 is 1.83 bits per heavy atom. The lowest BCUT2D eigenvalue weighted by molar-refractivity contribution is -0.117. The van der Waals surface area contributed by atoms with Crippen LogP contribution in [-0.4, -0.2) is 20.4 Å². The van der Waals surface area contributed by atoms with Crippen LogP contribution in [0.4, 0.5) is 11.4 Å². The fourth-order valence-corrected chi connectivity index (χ4v) is 4.79. The summed E-state index contributed by atoms with van der Waals surface area (Å²) in [7, 11) is -3.97. The number of rotatable bonds is 2. The van der Waals surface area contributed by atoms with Gasteiger partial charge in [0.1, 0.15) is 10.9 Å². The first-order valence-corrected chi connectivity index (χ1v) is 8.85. The van der Waals surface area contributed by atoms with E-state index in [1.54, 1.807) is 50.2 Å². The summed E-state index contributed by atoms with van der Waals surface area (Å²) in [5.74, 6) is -0.379. The maximum absolute atomic E-state index is 13.1. The largest absolute Gasteiger partial charge is 0.322 e. The minimum Gasteiger partial charge on any atom is -0.322 e. The predicted octanol–water partition coefficient (Wildman–Crippen LogP) is 3.18. The van der Waals surface area contributed by atoms with Crippen LogP contribution < -0.4 is 9.62 Å². The van der Waals surface area contributed by atoms with Gasteiger partial charge >= 0.3 is 0 Å². The highest BCUT2D eigenvalue weighted by atomic mass is 35.5. The third-order valence-electron chi connectivity index (χ3n) is 3.82. The van der Waals surface area contributed by atoms with Crippen LogP contribution in [0.5, 0.6) is 0 Å². The van der Waals surface area contributed by atoms with Gasteiger partial charge < -0.3 is 5.32 Å². The summed E-state index contributed by atoms with van der Waals surface area (Å²) in [6.45, 7) is 3.29. The first-order valence-electron chi connectivity index (χ1n) is 7.03. The third-order valence-corrected chi connectivity index (χ3v) is 6.36. The van der Waals surface area contributed by atoms with Gasteiger partial charge in [-0.2, -0.15) is 0 Å². The lowest BCUT2D eigenvalue weighted by Gasteiger charge is -2.35. The number of nitrogens with one attached hydrogen (secondary N) is 1. The lowest BCUT2D eigenvalue weighted by Crippen LogP contribution is -2.49. The first kappa shape index (κ1) is 15.8. The van der Waals surface area contributed by atoms with Crippen molar-refractivity contribution in [1.29, 1.82) is 0 Å².